The van der Waals surface area contributed by atoms with Crippen molar-refractivity contribution in [1.82, 2.24) is 10.6 Å². The zero-order valence-corrected chi connectivity index (χ0v) is 9.91. The molecule has 1 saturated heterocycles. The Labute approximate surface area is 99.5 Å². The van der Waals surface area contributed by atoms with Crippen molar-refractivity contribution in [2.45, 2.75) is 24.9 Å². The first-order chi connectivity index (χ1) is 7.10. The molecule has 0 bridgehead atoms. The first kappa shape index (κ1) is 15.5. The van der Waals surface area contributed by atoms with E-state index < -0.39 is 24.5 Å². The van der Waals surface area contributed by atoms with E-state index in [0.29, 0.717) is 25.9 Å². The summed E-state index contributed by atoms with van der Waals surface area (Å²) in [5.74, 6) is -0.438. The molecule has 1 heterocycles. The summed E-state index contributed by atoms with van der Waals surface area (Å²) in [5.41, 5.74) is -0.930. The van der Waals surface area contributed by atoms with Gasteiger partial charge in [0.25, 0.3) is 12.3 Å². The number of ether oxygens (including phenoxy) is 1. The molecule has 1 aliphatic rings. The molecule has 1 rings (SSSR count). The Kier molecular flexibility index (Phi) is 6.78. The Morgan fingerprint density at radius 1 is 1.50 bits per heavy atom. The quantitative estimate of drug-likeness (QED) is 0.775. The Bertz CT molecular complexity index is 224. The number of amides is 1. The van der Waals surface area contributed by atoms with Crippen LogP contribution in [0.15, 0.2) is 0 Å². The van der Waals surface area contributed by atoms with E-state index in [1.807, 2.05) is 0 Å². The highest BCUT2D eigenvalue weighted by molar-refractivity contribution is 5.85. The molecular weight excluding hydrogens is 242 g/mol. The summed E-state index contributed by atoms with van der Waals surface area (Å²) in [6.07, 6.45) is -1.50. The molecule has 0 radical (unpaired) electrons. The second kappa shape index (κ2) is 6.98. The first-order valence-electron chi connectivity index (χ1n) is 4.93. The van der Waals surface area contributed by atoms with Crippen molar-refractivity contribution in [2.24, 2.45) is 0 Å². The van der Waals surface area contributed by atoms with E-state index in [4.69, 9.17) is 4.74 Å². The van der Waals surface area contributed by atoms with Gasteiger partial charge in [-0.3, -0.25) is 4.79 Å². The predicted molar refractivity (Wildman–Crippen MR) is 58.1 cm³/mol. The summed E-state index contributed by atoms with van der Waals surface area (Å²) in [7, 11) is 1.44. The van der Waals surface area contributed by atoms with Crippen molar-refractivity contribution in [3.8, 4) is 0 Å². The van der Waals surface area contributed by atoms with Crippen LogP contribution < -0.4 is 10.6 Å². The second-order valence-corrected chi connectivity index (χ2v) is 3.55. The van der Waals surface area contributed by atoms with E-state index in [1.165, 1.54) is 7.11 Å². The van der Waals surface area contributed by atoms with E-state index >= 15 is 0 Å². The highest BCUT2D eigenvalue weighted by Crippen LogP contribution is 2.22. The number of rotatable bonds is 4. The summed E-state index contributed by atoms with van der Waals surface area (Å²) in [5, 5.41) is 5.29. The summed E-state index contributed by atoms with van der Waals surface area (Å²) >= 11 is 0. The molecular formula is C9H17ClF2N2O2. The molecule has 0 saturated carbocycles. The third-order valence-corrected chi connectivity index (χ3v) is 2.63. The Morgan fingerprint density at radius 2 is 2.06 bits per heavy atom. The normalized spacial score (nSPS) is 19.0. The molecule has 0 aromatic heterocycles. The van der Waals surface area contributed by atoms with E-state index in [1.54, 1.807) is 0 Å². The number of halogens is 3. The molecule has 4 nitrogen and oxygen atoms in total. The van der Waals surface area contributed by atoms with Gasteiger partial charge in [0.15, 0.2) is 0 Å². The maximum absolute atomic E-state index is 11.9. The van der Waals surface area contributed by atoms with Gasteiger partial charge in [0.2, 0.25) is 0 Å². The third-order valence-electron chi connectivity index (χ3n) is 2.63. The lowest BCUT2D eigenvalue weighted by Crippen LogP contribution is -2.54. The van der Waals surface area contributed by atoms with Crippen LogP contribution >= 0.6 is 12.4 Å². The van der Waals surface area contributed by atoms with Crippen molar-refractivity contribution in [2.75, 3.05) is 26.7 Å². The number of carbonyl (C=O) groups excluding carboxylic acids is 1. The number of hydrogen-bond acceptors (Lipinski definition) is 3. The van der Waals surface area contributed by atoms with Gasteiger partial charge in [-0.05, 0) is 25.9 Å². The number of carbonyl (C=O) groups is 1. The van der Waals surface area contributed by atoms with E-state index in [0.717, 1.165) is 0 Å². The zero-order chi connectivity index (χ0) is 11.3. The fourth-order valence-corrected chi connectivity index (χ4v) is 1.69. The minimum absolute atomic E-state index is 0. The summed E-state index contributed by atoms with van der Waals surface area (Å²) in [6.45, 7) is 0.712. The SMILES string of the molecule is COC1(C(=O)NCC(F)F)CCNCC1.Cl. The topological polar surface area (TPSA) is 50.4 Å². The predicted octanol–water partition coefficient (Wildman–Crippen LogP) is 0.558. The fourth-order valence-electron chi connectivity index (χ4n) is 1.69. The Balaban J connectivity index is 0.00000225. The molecule has 0 aromatic carbocycles. The highest BCUT2D eigenvalue weighted by Gasteiger charge is 2.39. The van der Waals surface area contributed by atoms with Crippen molar-refractivity contribution in [1.29, 1.82) is 0 Å². The van der Waals surface area contributed by atoms with Crippen LogP contribution in [-0.2, 0) is 9.53 Å². The maximum Gasteiger partial charge on any atom is 0.255 e. The average Bonchev–Trinajstić information content (AvgIpc) is 2.26. The molecule has 0 aromatic rings. The molecule has 16 heavy (non-hydrogen) atoms. The average molecular weight is 259 g/mol. The van der Waals surface area contributed by atoms with Gasteiger partial charge < -0.3 is 15.4 Å². The van der Waals surface area contributed by atoms with Gasteiger partial charge in [-0.1, -0.05) is 0 Å². The van der Waals surface area contributed by atoms with E-state index in [-0.39, 0.29) is 12.4 Å². The van der Waals surface area contributed by atoms with Gasteiger partial charge in [-0.15, -0.1) is 12.4 Å². The van der Waals surface area contributed by atoms with Gasteiger partial charge >= 0.3 is 0 Å². The van der Waals surface area contributed by atoms with Crippen molar-refractivity contribution in [3.63, 3.8) is 0 Å². The smallest absolute Gasteiger partial charge is 0.255 e. The van der Waals surface area contributed by atoms with Gasteiger partial charge in [0.05, 0.1) is 6.54 Å². The van der Waals surface area contributed by atoms with Crippen molar-refractivity contribution in [3.05, 3.63) is 0 Å². The maximum atomic E-state index is 11.9. The molecule has 1 fully saturated rings. The fraction of sp³-hybridized carbons (Fsp3) is 0.889. The lowest BCUT2D eigenvalue weighted by molar-refractivity contribution is -0.147. The van der Waals surface area contributed by atoms with Gasteiger partial charge in [0.1, 0.15) is 5.60 Å². The molecule has 96 valence electrons. The Hall–Kier alpha value is -0.460. The highest BCUT2D eigenvalue weighted by atomic mass is 35.5. The van der Waals surface area contributed by atoms with Gasteiger partial charge in [0, 0.05) is 7.11 Å². The molecule has 0 spiro atoms. The summed E-state index contributed by atoms with van der Waals surface area (Å²) in [6, 6.07) is 0. The van der Waals surface area contributed by atoms with Crippen LogP contribution in [0, 0.1) is 0 Å². The Morgan fingerprint density at radius 3 is 2.50 bits per heavy atom. The van der Waals surface area contributed by atoms with Crippen molar-refractivity contribution < 1.29 is 18.3 Å². The molecule has 2 N–H and O–H groups in total. The monoisotopic (exact) mass is 258 g/mol. The van der Waals surface area contributed by atoms with Gasteiger partial charge in [-0.2, -0.15) is 0 Å². The van der Waals surface area contributed by atoms with E-state index in [2.05, 4.69) is 10.6 Å². The van der Waals surface area contributed by atoms with Crippen LogP contribution in [0.1, 0.15) is 12.8 Å². The second-order valence-electron chi connectivity index (χ2n) is 3.55. The molecule has 0 unspecified atom stereocenters. The summed E-state index contributed by atoms with van der Waals surface area (Å²) in [4.78, 5) is 11.7. The number of alkyl halides is 2. The zero-order valence-electron chi connectivity index (χ0n) is 9.09. The lowest BCUT2D eigenvalue weighted by Gasteiger charge is -2.34. The number of piperidine rings is 1. The van der Waals surface area contributed by atoms with Crippen LogP contribution in [0.5, 0.6) is 0 Å². The van der Waals surface area contributed by atoms with Crippen LogP contribution in [0.2, 0.25) is 0 Å². The minimum Gasteiger partial charge on any atom is -0.368 e. The molecule has 0 aliphatic carbocycles. The van der Waals surface area contributed by atoms with Gasteiger partial charge in [-0.25, -0.2) is 8.78 Å². The number of methoxy groups -OCH3 is 1. The van der Waals surface area contributed by atoms with Crippen LogP contribution in [-0.4, -0.2) is 44.7 Å². The molecule has 0 atom stereocenters. The first-order valence-corrected chi connectivity index (χ1v) is 4.93. The van der Waals surface area contributed by atoms with E-state index in [9.17, 15) is 13.6 Å². The number of hydrogen-bond donors (Lipinski definition) is 2. The van der Waals surface area contributed by atoms with Crippen LogP contribution in [0.25, 0.3) is 0 Å². The summed E-state index contributed by atoms with van der Waals surface area (Å²) < 4.78 is 29.0. The molecule has 7 heteroatoms. The van der Waals surface area contributed by atoms with Crippen LogP contribution in [0.3, 0.4) is 0 Å². The minimum atomic E-state index is -2.52. The van der Waals surface area contributed by atoms with Crippen molar-refractivity contribution >= 4 is 18.3 Å². The lowest BCUT2D eigenvalue weighted by atomic mass is 9.91. The molecule has 1 aliphatic heterocycles. The standard InChI is InChI=1S/C9H16F2N2O2.ClH/c1-15-9(2-4-12-5-3-9)8(14)13-6-7(10)11;/h7,12H,2-6H2,1H3,(H,13,14);1H. The third kappa shape index (κ3) is 3.84. The number of nitrogens with one attached hydrogen (secondary N) is 2. The van der Waals surface area contributed by atoms with Crippen LogP contribution in [0.4, 0.5) is 8.78 Å². The molecule has 1 amide bonds. The largest absolute Gasteiger partial charge is 0.368 e.